The Morgan fingerprint density at radius 3 is 2.75 bits per heavy atom. The first kappa shape index (κ1) is 16.6. The average Bonchev–Trinajstić information content (AvgIpc) is 3.10. The summed E-state index contributed by atoms with van der Waals surface area (Å²) in [4.78, 5) is 18.3. The molecule has 0 aromatic carbocycles. The fourth-order valence-electron chi connectivity index (χ4n) is 3.09. The molecule has 1 saturated heterocycles. The van der Waals surface area contributed by atoms with E-state index in [4.69, 9.17) is 0 Å². The summed E-state index contributed by atoms with van der Waals surface area (Å²) in [7, 11) is 0. The smallest absolute Gasteiger partial charge is 0.253 e. The molecule has 1 fully saturated rings. The van der Waals surface area contributed by atoms with Crippen molar-refractivity contribution in [1.82, 2.24) is 30.0 Å². The number of pyridine rings is 1. The third-order valence-electron chi connectivity index (χ3n) is 4.53. The zero-order chi connectivity index (χ0) is 16.8. The van der Waals surface area contributed by atoms with Gasteiger partial charge >= 0.3 is 0 Å². The van der Waals surface area contributed by atoms with Gasteiger partial charge in [0, 0.05) is 56.6 Å². The molecular weight excluding hydrogens is 304 g/mol. The van der Waals surface area contributed by atoms with Crippen LogP contribution in [0, 0.1) is 0 Å². The molecule has 24 heavy (non-hydrogen) atoms. The van der Waals surface area contributed by atoms with Crippen molar-refractivity contribution in [3.63, 3.8) is 0 Å². The van der Waals surface area contributed by atoms with Crippen molar-refractivity contribution in [3.05, 3.63) is 42.2 Å². The van der Waals surface area contributed by atoms with Gasteiger partial charge in [-0.3, -0.25) is 9.78 Å². The van der Waals surface area contributed by atoms with Gasteiger partial charge < -0.3 is 14.8 Å². The number of piperidine rings is 1. The van der Waals surface area contributed by atoms with Gasteiger partial charge in [0.2, 0.25) is 0 Å². The Balaban J connectivity index is 1.41. The molecule has 1 aliphatic heterocycles. The van der Waals surface area contributed by atoms with Crippen LogP contribution in [0.3, 0.4) is 0 Å². The molecule has 1 amide bonds. The zero-order valence-corrected chi connectivity index (χ0v) is 14.1. The fraction of sp³-hybridized carbons (Fsp3) is 0.529. The summed E-state index contributed by atoms with van der Waals surface area (Å²) in [6.45, 7) is 5.48. The maximum Gasteiger partial charge on any atom is 0.253 e. The number of nitrogens with one attached hydrogen (secondary N) is 1. The van der Waals surface area contributed by atoms with Crippen molar-refractivity contribution in [3.8, 4) is 0 Å². The molecule has 3 heterocycles. The predicted octanol–water partition coefficient (Wildman–Crippen LogP) is 1.13. The molecule has 0 radical (unpaired) electrons. The SMILES string of the molecule is CCn1cnnc1CCNC1CCN(C(=O)c2ccncc2)CC1. The lowest BCUT2D eigenvalue weighted by atomic mass is 10.0. The van der Waals surface area contributed by atoms with Crippen LogP contribution < -0.4 is 5.32 Å². The van der Waals surface area contributed by atoms with Crippen LogP contribution in [-0.2, 0) is 13.0 Å². The van der Waals surface area contributed by atoms with E-state index < -0.39 is 0 Å². The van der Waals surface area contributed by atoms with E-state index in [0.29, 0.717) is 6.04 Å². The molecular formula is C17H24N6O. The highest BCUT2D eigenvalue weighted by Crippen LogP contribution is 2.13. The van der Waals surface area contributed by atoms with Gasteiger partial charge in [-0.25, -0.2) is 0 Å². The van der Waals surface area contributed by atoms with Crippen LogP contribution in [0.4, 0.5) is 0 Å². The monoisotopic (exact) mass is 328 g/mol. The van der Waals surface area contributed by atoms with Gasteiger partial charge in [0.1, 0.15) is 12.2 Å². The van der Waals surface area contributed by atoms with E-state index in [1.165, 1.54) is 0 Å². The van der Waals surface area contributed by atoms with Crippen molar-refractivity contribution >= 4 is 5.91 Å². The van der Waals surface area contributed by atoms with Crippen LogP contribution in [0.2, 0.25) is 0 Å². The summed E-state index contributed by atoms with van der Waals surface area (Å²) in [6.07, 6.45) is 7.95. The molecule has 0 saturated carbocycles. The Hall–Kier alpha value is -2.28. The minimum Gasteiger partial charge on any atom is -0.339 e. The summed E-state index contributed by atoms with van der Waals surface area (Å²) >= 11 is 0. The van der Waals surface area contributed by atoms with Gasteiger partial charge in [0.15, 0.2) is 0 Å². The molecule has 0 unspecified atom stereocenters. The zero-order valence-electron chi connectivity index (χ0n) is 14.1. The lowest BCUT2D eigenvalue weighted by Crippen LogP contribution is -2.45. The van der Waals surface area contributed by atoms with Crippen LogP contribution in [-0.4, -0.2) is 56.2 Å². The lowest BCUT2D eigenvalue weighted by molar-refractivity contribution is 0.0705. The Morgan fingerprint density at radius 1 is 1.29 bits per heavy atom. The molecule has 3 rings (SSSR count). The minimum atomic E-state index is 0.104. The van der Waals surface area contributed by atoms with E-state index in [-0.39, 0.29) is 5.91 Å². The number of carbonyl (C=O) groups excluding carboxylic acids is 1. The van der Waals surface area contributed by atoms with Gasteiger partial charge in [-0.1, -0.05) is 0 Å². The number of rotatable bonds is 6. The lowest BCUT2D eigenvalue weighted by Gasteiger charge is -2.32. The van der Waals surface area contributed by atoms with E-state index in [0.717, 1.165) is 56.8 Å². The van der Waals surface area contributed by atoms with Gasteiger partial charge in [-0.15, -0.1) is 10.2 Å². The van der Waals surface area contributed by atoms with Gasteiger partial charge in [-0.2, -0.15) is 0 Å². The number of likely N-dealkylation sites (tertiary alicyclic amines) is 1. The van der Waals surface area contributed by atoms with Crippen molar-refractivity contribution in [2.24, 2.45) is 0 Å². The number of aromatic nitrogens is 4. The number of hydrogen-bond donors (Lipinski definition) is 1. The molecule has 2 aromatic rings. The van der Waals surface area contributed by atoms with Crippen LogP contribution in [0.1, 0.15) is 35.9 Å². The normalized spacial score (nSPS) is 15.6. The molecule has 7 nitrogen and oxygen atoms in total. The van der Waals surface area contributed by atoms with E-state index in [1.54, 1.807) is 30.9 Å². The first-order valence-corrected chi connectivity index (χ1v) is 8.57. The number of amides is 1. The summed E-state index contributed by atoms with van der Waals surface area (Å²) in [6, 6.07) is 4.01. The Kier molecular flexibility index (Phi) is 5.53. The van der Waals surface area contributed by atoms with Gasteiger partial charge in [0.25, 0.3) is 5.91 Å². The highest BCUT2D eigenvalue weighted by Gasteiger charge is 2.23. The van der Waals surface area contributed by atoms with Crippen LogP contribution in [0.5, 0.6) is 0 Å². The molecule has 2 aromatic heterocycles. The number of hydrogen-bond acceptors (Lipinski definition) is 5. The molecule has 0 atom stereocenters. The molecule has 7 heteroatoms. The fourth-order valence-corrected chi connectivity index (χ4v) is 3.09. The molecule has 128 valence electrons. The second kappa shape index (κ2) is 8.01. The Labute approximate surface area is 142 Å². The van der Waals surface area contributed by atoms with Crippen LogP contribution in [0.25, 0.3) is 0 Å². The highest BCUT2D eigenvalue weighted by molar-refractivity contribution is 5.94. The maximum absolute atomic E-state index is 12.4. The van der Waals surface area contributed by atoms with Crippen LogP contribution >= 0.6 is 0 Å². The van der Waals surface area contributed by atoms with Crippen LogP contribution in [0.15, 0.2) is 30.9 Å². The van der Waals surface area contributed by atoms with E-state index in [9.17, 15) is 4.79 Å². The molecule has 0 aliphatic carbocycles. The third kappa shape index (κ3) is 3.97. The van der Waals surface area contributed by atoms with Crippen molar-refractivity contribution in [2.45, 2.75) is 38.8 Å². The molecule has 1 N–H and O–H groups in total. The Morgan fingerprint density at radius 2 is 2.04 bits per heavy atom. The minimum absolute atomic E-state index is 0.104. The second-order valence-electron chi connectivity index (χ2n) is 6.04. The topological polar surface area (TPSA) is 75.9 Å². The van der Waals surface area contributed by atoms with Crippen molar-refractivity contribution in [1.29, 1.82) is 0 Å². The van der Waals surface area contributed by atoms with E-state index >= 15 is 0 Å². The second-order valence-corrected chi connectivity index (χ2v) is 6.04. The predicted molar refractivity (Wildman–Crippen MR) is 90.6 cm³/mol. The van der Waals surface area contributed by atoms with Gasteiger partial charge in [-0.05, 0) is 31.9 Å². The van der Waals surface area contributed by atoms with Crippen molar-refractivity contribution < 1.29 is 4.79 Å². The molecule has 1 aliphatic rings. The number of aryl methyl sites for hydroxylation is 1. The summed E-state index contributed by atoms with van der Waals surface area (Å²) in [5, 5.41) is 11.7. The largest absolute Gasteiger partial charge is 0.339 e. The first-order chi connectivity index (χ1) is 11.8. The first-order valence-electron chi connectivity index (χ1n) is 8.57. The maximum atomic E-state index is 12.4. The third-order valence-corrected chi connectivity index (χ3v) is 4.53. The number of nitrogens with zero attached hydrogens (tertiary/aromatic N) is 5. The molecule has 0 bridgehead atoms. The van der Waals surface area contributed by atoms with E-state index in [1.807, 2.05) is 4.90 Å². The summed E-state index contributed by atoms with van der Waals surface area (Å²) in [5.41, 5.74) is 0.718. The van der Waals surface area contributed by atoms with Gasteiger partial charge in [0.05, 0.1) is 0 Å². The quantitative estimate of drug-likeness (QED) is 0.860. The molecule has 0 spiro atoms. The van der Waals surface area contributed by atoms with Crippen molar-refractivity contribution in [2.75, 3.05) is 19.6 Å². The standard InChI is InChI=1S/C17H24N6O/c1-2-22-13-20-21-16(22)5-10-19-15-6-11-23(12-7-15)17(24)14-3-8-18-9-4-14/h3-4,8-9,13,15,19H,2,5-7,10-12H2,1H3. The number of carbonyl (C=O) groups is 1. The highest BCUT2D eigenvalue weighted by atomic mass is 16.2. The average molecular weight is 328 g/mol. The van der Waals surface area contributed by atoms with E-state index in [2.05, 4.69) is 32.0 Å². The summed E-state index contributed by atoms with van der Waals surface area (Å²) < 4.78 is 2.07. The summed E-state index contributed by atoms with van der Waals surface area (Å²) in [5.74, 6) is 1.13. The Bertz CT molecular complexity index is 648.